The minimum Gasteiger partial charge on any atom is -0.497 e. The minimum absolute atomic E-state index is 0. The lowest BCUT2D eigenvalue weighted by molar-refractivity contribution is 0.414. The Hall–Kier alpha value is -1.83. The number of nitrogens with zero attached hydrogens (tertiary/aromatic N) is 3. The molecule has 0 spiro atoms. The third-order valence-electron chi connectivity index (χ3n) is 3.54. The van der Waals surface area contributed by atoms with Crippen LogP contribution >= 0.6 is 24.0 Å². The Morgan fingerprint density at radius 1 is 1.21 bits per heavy atom. The first-order valence-electron chi connectivity index (χ1n) is 7.67. The largest absolute Gasteiger partial charge is 0.497 e. The van der Waals surface area contributed by atoms with E-state index in [4.69, 9.17) is 4.74 Å². The van der Waals surface area contributed by atoms with Crippen molar-refractivity contribution < 1.29 is 4.74 Å². The summed E-state index contributed by atoms with van der Waals surface area (Å²) in [4.78, 5) is 10.8. The highest BCUT2D eigenvalue weighted by atomic mass is 127. The van der Waals surface area contributed by atoms with E-state index in [0.29, 0.717) is 0 Å². The van der Waals surface area contributed by atoms with Crippen molar-refractivity contribution in [2.75, 3.05) is 27.7 Å². The maximum absolute atomic E-state index is 5.18. The average Bonchev–Trinajstić information content (AvgIpc) is 2.60. The molecule has 5 nitrogen and oxygen atoms in total. The number of nitrogens with one attached hydrogen (secondary N) is 1. The summed E-state index contributed by atoms with van der Waals surface area (Å²) in [7, 11) is 5.50. The Kier molecular flexibility index (Phi) is 9.14. The topological polar surface area (TPSA) is 49.8 Å². The number of aliphatic imine (C=N–C) groups is 1. The molecule has 2 aromatic rings. The number of hydrogen-bond donors (Lipinski definition) is 1. The number of methoxy groups -OCH3 is 1. The molecule has 0 aliphatic rings. The summed E-state index contributed by atoms with van der Waals surface area (Å²) in [5.74, 6) is 1.74. The van der Waals surface area contributed by atoms with E-state index in [9.17, 15) is 0 Å². The van der Waals surface area contributed by atoms with Crippen molar-refractivity contribution in [3.05, 3.63) is 59.9 Å². The van der Waals surface area contributed by atoms with E-state index < -0.39 is 0 Å². The van der Waals surface area contributed by atoms with E-state index in [1.807, 2.05) is 43.6 Å². The van der Waals surface area contributed by atoms with Gasteiger partial charge >= 0.3 is 0 Å². The van der Waals surface area contributed by atoms with E-state index in [1.165, 1.54) is 5.56 Å². The Labute approximate surface area is 161 Å². The van der Waals surface area contributed by atoms with Crippen molar-refractivity contribution in [2.45, 2.75) is 13.0 Å². The molecule has 0 bridgehead atoms. The number of benzene rings is 1. The van der Waals surface area contributed by atoms with Crippen LogP contribution in [-0.4, -0.2) is 43.6 Å². The second kappa shape index (κ2) is 10.9. The Bertz CT molecular complexity index is 617. The molecule has 0 saturated carbocycles. The van der Waals surface area contributed by atoms with E-state index in [0.717, 1.165) is 36.9 Å². The molecule has 1 heterocycles. The van der Waals surface area contributed by atoms with E-state index in [-0.39, 0.29) is 24.0 Å². The van der Waals surface area contributed by atoms with Crippen LogP contribution in [0.5, 0.6) is 5.75 Å². The summed E-state index contributed by atoms with van der Waals surface area (Å²) < 4.78 is 5.18. The number of hydrogen-bond acceptors (Lipinski definition) is 3. The Balaban J connectivity index is 0.00000288. The van der Waals surface area contributed by atoms with Crippen LogP contribution in [0.4, 0.5) is 0 Å². The SMILES string of the molecule is CN=C(NCCc1ccccn1)N(C)Cc1ccc(OC)cc1.I. The van der Waals surface area contributed by atoms with Gasteiger partial charge in [0.15, 0.2) is 5.96 Å². The number of guanidine groups is 1. The van der Waals surface area contributed by atoms with E-state index in [1.54, 1.807) is 14.2 Å². The van der Waals surface area contributed by atoms with Gasteiger partial charge in [0.1, 0.15) is 5.75 Å². The maximum Gasteiger partial charge on any atom is 0.193 e. The first kappa shape index (κ1) is 20.2. The van der Waals surface area contributed by atoms with Crippen molar-refractivity contribution in [3.8, 4) is 5.75 Å². The molecule has 24 heavy (non-hydrogen) atoms. The highest BCUT2D eigenvalue weighted by Gasteiger charge is 2.06. The van der Waals surface area contributed by atoms with Gasteiger partial charge in [0.2, 0.25) is 0 Å². The van der Waals surface area contributed by atoms with Crippen LogP contribution in [0.3, 0.4) is 0 Å². The monoisotopic (exact) mass is 440 g/mol. The Morgan fingerprint density at radius 3 is 2.54 bits per heavy atom. The first-order chi connectivity index (χ1) is 11.2. The van der Waals surface area contributed by atoms with Crippen LogP contribution in [0.2, 0.25) is 0 Å². The maximum atomic E-state index is 5.18. The molecular weight excluding hydrogens is 415 g/mol. The predicted octanol–water partition coefficient (Wildman–Crippen LogP) is 2.96. The van der Waals surface area contributed by atoms with Crippen LogP contribution in [-0.2, 0) is 13.0 Å². The van der Waals surface area contributed by atoms with E-state index in [2.05, 4.69) is 32.3 Å². The minimum atomic E-state index is 0. The van der Waals surface area contributed by atoms with Crippen molar-refractivity contribution in [1.29, 1.82) is 0 Å². The number of pyridine rings is 1. The van der Waals surface area contributed by atoms with Crippen LogP contribution in [0.15, 0.2) is 53.7 Å². The summed E-state index contributed by atoms with van der Waals surface area (Å²) in [6, 6.07) is 14.0. The van der Waals surface area contributed by atoms with Crippen LogP contribution in [0.25, 0.3) is 0 Å². The number of rotatable bonds is 6. The van der Waals surface area contributed by atoms with Gasteiger partial charge in [0, 0.05) is 45.5 Å². The molecular formula is C18H25IN4O. The number of halogens is 1. The molecule has 0 radical (unpaired) electrons. The fourth-order valence-corrected chi connectivity index (χ4v) is 2.31. The fourth-order valence-electron chi connectivity index (χ4n) is 2.31. The fraction of sp³-hybridized carbons (Fsp3) is 0.333. The molecule has 6 heteroatoms. The van der Waals surface area contributed by atoms with E-state index >= 15 is 0 Å². The van der Waals surface area contributed by atoms with Gasteiger partial charge in [-0.15, -0.1) is 24.0 Å². The molecule has 0 aliphatic heterocycles. The average molecular weight is 440 g/mol. The predicted molar refractivity (Wildman–Crippen MR) is 109 cm³/mol. The third kappa shape index (κ3) is 6.35. The molecule has 0 amide bonds. The highest BCUT2D eigenvalue weighted by Crippen LogP contribution is 2.12. The van der Waals surface area contributed by atoms with Crippen molar-refractivity contribution in [3.63, 3.8) is 0 Å². The van der Waals surface area contributed by atoms with Crippen molar-refractivity contribution >= 4 is 29.9 Å². The normalized spacial score (nSPS) is 10.7. The zero-order chi connectivity index (χ0) is 16.5. The summed E-state index contributed by atoms with van der Waals surface area (Å²) >= 11 is 0. The molecule has 2 rings (SSSR count). The smallest absolute Gasteiger partial charge is 0.193 e. The zero-order valence-electron chi connectivity index (χ0n) is 14.4. The standard InChI is InChI=1S/C18H24N4O.HI/c1-19-18(21-13-11-16-6-4-5-12-20-16)22(2)14-15-7-9-17(23-3)10-8-15;/h4-10,12H,11,13-14H2,1-3H3,(H,19,21);1H. The van der Waals surface area contributed by atoms with Crippen LogP contribution in [0.1, 0.15) is 11.3 Å². The van der Waals surface area contributed by atoms with Gasteiger partial charge in [-0.3, -0.25) is 9.98 Å². The lowest BCUT2D eigenvalue weighted by Gasteiger charge is -2.22. The lowest BCUT2D eigenvalue weighted by atomic mass is 10.2. The van der Waals surface area contributed by atoms with Gasteiger partial charge in [-0.05, 0) is 29.8 Å². The second-order valence-corrected chi connectivity index (χ2v) is 5.25. The lowest BCUT2D eigenvalue weighted by Crippen LogP contribution is -2.39. The van der Waals surface area contributed by atoms with Gasteiger partial charge in [-0.25, -0.2) is 0 Å². The second-order valence-electron chi connectivity index (χ2n) is 5.25. The molecule has 0 unspecified atom stereocenters. The quantitative estimate of drug-likeness (QED) is 0.427. The number of ether oxygens (including phenoxy) is 1. The Morgan fingerprint density at radius 2 is 1.96 bits per heavy atom. The van der Waals surface area contributed by atoms with Gasteiger partial charge in [-0.1, -0.05) is 18.2 Å². The van der Waals surface area contributed by atoms with Crippen molar-refractivity contribution in [2.24, 2.45) is 4.99 Å². The molecule has 0 fully saturated rings. The van der Waals surface area contributed by atoms with Gasteiger partial charge in [0.25, 0.3) is 0 Å². The molecule has 0 aliphatic carbocycles. The molecule has 1 aromatic heterocycles. The summed E-state index contributed by atoms with van der Waals surface area (Å²) in [5, 5.41) is 3.37. The summed E-state index contributed by atoms with van der Waals surface area (Å²) in [6.07, 6.45) is 2.69. The summed E-state index contributed by atoms with van der Waals surface area (Å²) in [5.41, 5.74) is 2.29. The summed E-state index contributed by atoms with van der Waals surface area (Å²) in [6.45, 7) is 1.59. The zero-order valence-corrected chi connectivity index (χ0v) is 16.7. The molecule has 130 valence electrons. The van der Waals surface area contributed by atoms with Crippen LogP contribution < -0.4 is 10.1 Å². The molecule has 0 atom stereocenters. The third-order valence-corrected chi connectivity index (χ3v) is 3.54. The number of aromatic nitrogens is 1. The van der Waals surface area contributed by atoms with Crippen molar-refractivity contribution in [1.82, 2.24) is 15.2 Å². The van der Waals surface area contributed by atoms with Gasteiger partial charge in [0.05, 0.1) is 7.11 Å². The molecule has 1 N–H and O–H groups in total. The van der Waals surface area contributed by atoms with Crippen LogP contribution in [0, 0.1) is 0 Å². The van der Waals surface area contributed by atoms with Gasteiger partial charge < -0.3 is 15.0 Å². The first-order valence-corrected chi connectivity index (χ1v) is 7.67. The van der Waals surface area contributed by atoms with Gasteiger partial charge in [-0.2, -0.15) is 0 Å². The molecule has 0 saturated heterocycles. The molecule has 1 aromatic carbocycles. The highest BCUT2D eigenvalue weighted by molar-refractivity contribution is 14.0.